The maximum Gasteiger partial charge on any atom is 0.223 e. The van der Waals surface area contributed by atoms with Gasteiger partial charge in [0.15, 0.2) is 0 Å². The van der Waals surface area contributed by atoms with E-state index in [0.29, 0.717) is 6.54 Å². The van der Waals surface area contributed by atoms with E-state index in [-0.39, 0.29) is 11.8 Å². The van der Waals surface area contributed by atoms with Crippen molar-refractivity contribution in [2.45, 2.75) is 25.4 Å². The molecule has 3 heteroatoms. The van der Waals surface area contributed by atoms with E-state index in [2.05, 4.69) is 5.32 Å². The molecule has 1 saturated carbocycles. The van der Waals surface area contributed by atoms with Crippen LogP contribution in [-0.4, -0.2) is 17.6 Å². The SMILES string of the molecule is O=C(NCC(O)c1ccccc1)C1CCC1. The summed E-state index contributed by atoms with van der Waals surface area (Å²) < 4.78 is 0. The molecule has 1 atom stereocenters. The largest absolute Gasteiger partial charge is 0.387 e. The molecule has 86 valence electrons. The van der Waals surface area contributed by atoms with Gasteiger partial charge < -0.3 is 10.4 Å². The summed E-state index contributed by atoms with van der Waals surface area (Å²) in [6.07, 6.45) is 2.53. The predicted octanol–water partition coefficient (Wildman–Crippen LogP) is 1.64. The number of amides is 1. The van der Waals surface area contributed by atoms with E-state index in [0.717, 1.165) is 24.8 Å². The Bertz CT molecular complexity index is 346. The minimum atomic E-state index is -0.606. The Balaban J connectivity index is 1.79. The Labute approximate surface area is 95.5 Å². The van der Waals surface area contributed by atoms with Gasteiger partial charge in [0.2, 0.25) is 5.91 Å². The number of aliphatic hydroxyl groups is 1. The number of carbonyl (C=O) groups excluding carboxylic acids is 1. The van der Waals surface area contributed by atoms with Crippen molar-refractivity contribution in [2.75, 3.05) is 6.54 Å². The standard InChI is InChI=1S/C13H17NO2/c15-12(10-5-2-1-3-6-10)9-14-13(16)11-7-4-8-11/h1-3,5-6,11-12,15H,4,7-9H2,(H,14,16). The summed E-state index contributed by atoms with van der Waals surface area (Å²) in [4.78, 5) is 11.5. The van der Waals surface area contributed by atoms with Gasteiger partial charge in [-0.15, -0.1) is 0 Å². The molecule has 1 aliphatic rings. The minimum Gasteiger partial charge on any atom is -0.387 e. The van der Waals surface area contributed by atoms with Crippen molar-refractivity contribution in [2.24, 2.45) is 5.92 Å². The molecule has 1 fully saturated rings. The van der Waals surface area contributed by atoms with Crippen molar-refractivity contribution in [3.05, 3.63) is 35.9 Å². The van der Waals surface area contributed by atoms with Crippen LogP contribution in [0.3, 0.4) is 0 Å². The number of rotatable bonds is 4. The lowest BCUT2D eigenvalue weighted by atomic mass is 9.85. The minimum absolute atomic E-state index is 0.0845. The number of benzene rings is 1. The Morgan fingerprint density at radius 1 is 1.38 bits per heavy atom. The third kappa shape index (κ3) is 2.61. The molecule has 0 radical (unpaired) electrons. The highest BCUT2D eigenvalue weighted by atomic mass is 16.3. The molecular weight excluding hydrogens is 202 g/mol. The Morgan fingerprint density at radius 2 is 2.06 bits per heavy atom. The second-order valence-electron chi connectivity index (χ2n) is 4.30. The average Bonchev–Trinajstić information content (AvgIpc) is 2.25. The van der Waals surface area contributed by atoms with Gasteiger partial charge in [-0.3, -0.25) is 4.79 Å². The highest BCUT2D eigenvalue weighted by Crippen LogP contribution is 2.26. The highest BCUT2D eigenvalue weighted by Gasteiger charge is 2.25. The Hall–Kier alpha value is -1.35. The number of carbonyl (C=O) groups is 1. The smallest absolute Gasteiger partial charge is 0.223 e. The lowest BCUT2D eigenvalue weighted by Gasteiger charge is -2.24. The van der Waals surface area contributed by atoms with E-state index in [9.17, 15) is 9.90 Å². The van der Waals surface area contributed by atoms with Crippen LogP contribution in [0.25, 0.3) is 0 Å². The molecule has 0 spiro atoms. The fourth-order valence-corrected chi connectivity index (χ4v) is 1.81. The molecule has 1 aromatic rings. The van der Waals surface area contributed by atoms with Crippen LogP contribution in [0.1, 0.15) is 30.9 Å². The first-order valence-corrected chi connectivity index (χ1v) is 5.78. The van der Waals surface area contributed by atoms with Crippen LogP contribution in [-0.2, 0) is 4.79 Å². The fourth-order valence-electron chi connectivity index (χ4n) is 1.81. The van der Waals surface area contributed by atoms with Gasteiger partial charge >= 0.3 is 0 Å². The predicted molar refractivity (Wildman–Crippen MR) is 61.8 cm³/mol. The monoisotopic (exact) mass is 219 g/mol. The maximum absolute atomic E-state index is 11.5. The van der Waals surface area contributed by atoms with Crippen molar-refractivity contribution in [3.63, 3.8) is 0 Å². The van der Waals surface area contributed by atoms with Crippen LogP contribution >= 0.6 is 0 Å². The molecule has 1 aromatic carbocycles. The van der Waals surface area contributed by atoms with Gasteiger partial charge in [0.1, 0.15) is 0 Å². The number of hydrogen-bond acceptors (Lipinski definition) is 2. The fraction of sp³-hybridized carbons (Fsp3) is 0.462. The van der Waals surface area contributed by atoms with Gasteiger partial charge in [0.05, 0.1) is 6.10 Å². The topological polar surface area (TPSA) is 49.3 Å². The molecule has 0 bridgehead atoms. The molecular formula is C13H17NO2. The summed E-state index contributed by atoms with van der Waals surface area (Å²) >= 11 is 0. The van der Waals surface area contributed by atoms with Crippen molar-refractivity contribution in [1.29, 1.82) is 0 Å². The van der Waals surface area contributed by atoms with E-state index in [1.807, 2.05) is 30.3 Å². The summed E-state index contributed by atoms with van der Waals surface area (Å²) in [5.41, 5.74) is 0.844. The van der Waals surface area contributed by atoms with Crippen LogP contribution in [0.4, 0.5) is 0 Å². The normalized spacial score (nSPS) is 17.6. The van der Waals surface area contributed by atoms with E-state index < -0.39 is 6.10 Å². The molecule has 0 heterocycles. The molecule has 1 amide bonds. The molecule has 1 unspecified atom stereocenters. The van der Waals surface area contributed by atoms with E-state index in [1.54, 1.807) is 0 Å². The zero-order chi connectivity index (χ0) is 11.4. The zero-order valence-electron chi connectivity index (χ0n) is 9.23. The lowest BCUT2D eigenvalue weighted by molar-refractivity contribution is -0.127. The summed E-state index contributed by atoms with van der Waals surface area (Å²) in [5.74, 6) is 0.268. The Morgan fingerprint density at radius 3 is 2.62 bits per heavy atom. The maximum atomic E-state index is 11.5. The highest BCUT2D eigenvalue weighted by molar-refractivity contribution is 5.79. The van der Waals surface area contributed by atoms with Crippen LogP contribution in [0, 0.1) is 5.92 Å². The molecule has 0 saturated heterocycles. The lowest BCUT2D eigenvalue weighted by Crippen LogP contribution is -2.36. The van der Waals surface area contributed by atoms with Crippen LogP contribution in [0.2, 0.25) is 0 Å². The van der Waals surface area contributed by atoms with E-state index >= 15 is 0 Å². The van der Waals surface area contributed by atoms with Gasteiger partial charge in [-0.1, -0.05) is 36.8 Å². The molecule has 3 nitrogen and oxygen atoms in total. The van der Waals surface area contributed by atoms with Crippen molar-refractivity contribution >= 4 is 5.91 Å². The average molecular weight is 219 g/mol. The number of aliphatic hydroxyl groups excluding tert-OH is 1. The van der Waals surface area contributed by atoms with Crippen molar-refractivity contribution < 1.29 is 9.90 Å². The van der Waals surface area contributed by atoms with Gasteiger partial charge in [-0.2, -0.15) is 0 Å². The van der Waals surface area contributed by atoms with Crippen molar-refractivity contribution in [3.8, 4) is 0 Å². The molecule has 2 rings (SSSR count). The summed E-state index contributed by atoms with van der Waals surface area (Å²) in [6.45, 7) is 0.305. The third-order valence-electron chi connectivity index (χ3n) is 3.13. The summed E-state index contributed by atoms with van der Waals surface area (Å²) in [6, 6.07) is 9.39. The number of nitrogens with one attached hydrogen (secondary N) is 1. The summed E-state index contributed by atoms with van der Waals surface area (Å²) in [5, 5.41) is 12.6. The van der Waals surface area contributed by atoms with Gasteiger partial charge in [-0.05, 0) is 18.4 Å². The Kier molecular flexibility index (Phi) is 3.57. The first kappa shape index (κ1) is 11.1. The van der Waals surface area contributed by atoms with Gasteiger partial charge in [-0.25, -0.2) is 0 Å². The summed E-state index contributed by atoms with van der Waals surface area (Å²) in [7, 11) is 0. The second kappa shape index (κ2) is 5.12. The van der Waals surface area contributed by atoms with Crippen molar-refractivity contribution in [1.82, 2.24) is 5.32 Å². The quantitative estimate of drug-likeness (QED) is 0.808. The van der Waals surface area contributed by atoms with E-state index in [4.69, 9.17) is 0 Å². The van der Waals surface area contributed by atoms with Crippen LogP contribution in [0.15, 0.2) is 30.3 Å². The van der Waals surface area contributed by atoms with Crippen LogP contribution < -0.4 is 5.32 Å². The molecule has 16 heavy (non-hydrogen) atoms. The molecule has 1 aliphatic carbocycles. The van der Waals surface area contributed by atoms with E-state index in [1.165, 1.54) is 0 Å². The molecule has 2 N–H and O–H groups in total. The molecule has 0 aromatic heterocycles. The zero-order valence-corrected chi connectivity index (χ0v) is 9.23. The first-order valence-electron chi connectivity index (χ1n) is 5.78. The third-order valence-corrected chi connectivity index (χ3v) is 3.13. The second-order valence-corrected chi connectivity index (χ2v) is 4.30. The van der Waals surface area contributed by atoms with Gasteiger partial charge in [0, 0.05) is 12.5 Å². The van der Waals surface area contributed by atoms with Crippen LogP contribution in [0.5, 0.6) is 0 Å². The van der Waals surface area contributed by atoms with Gasteiger partial charge in [0.25, 0.3) is 0 Å². The number of hydrogen-bond donors (Lipinski definition) is 2. The molecule has 0 aliphatic heterocycles. The first-order chi connectivity index (χ1) is 7.77.